The summed E-state index contributed by atoms with van der Waals surface area (Å²) in [5.74, 6) is -4.03. The lowest BCUT2D eigenvalue weighted by atomic mass is 10.1. The second-order valence-corrected chi connectivity index (χ2v) is 5.77. The molecule has 0 N–H and O–H groups in total. The molecule has 0 aliphatic rings. The molecule has 0 saturated heterocycles. The van der Waals surface area contributed by atoms with Gasteiger partial charge < -0.3 is 9.47 Å². The third-order valence-corrected chi connectivity index (χ3v) is 3.45. The van der Waals surface area contributed by atoms with Crippen LogP contribution in [0.25, 0.3) is 0 Å². The quantitative estimate of drug-likeness (QED) is 0.406. The topological polar surface area (TPSA) is 52.6 Å². The van der Waals surface area contributed by atoms with Gasteiger partial charge in [0.25, 0.3) is 0 Å². The van der Waals surface area contributed by atoms with Crippen LogP contribution in [0.4, 0.5) is 17.6 Å². The van der Waals surface area contributed by atoms with Gasteiger partial charge in [-0.25, -0.2) is 4.39 Å². The zero-order valence-electron chi connectivity index (χ0n) is 14.2. The predicted octanol–water partition coefficient (Wildman–Crippen LogP) is 4.51. The average Bonchev–Trinajstić information content (AvgIpc) is 2.51. The Kier molecular flexibility index (Phi) is 7.38. The molecule has 0 bridgehead atoms. The minimum atomic E-state index is -4.90. The van der Waals surface area contributed by atoms with Crippen molar-refractivity contribution in [3.63, 3.8) is 0 Å². The van der Waals surface area contributed by atoms with Crippen LogP contribution in [0.2, 0.25) is 0 Å². The van der Waals surface area contributed by atoms with Gasteiger partial charge in [-0.05, 0) is 24.5 Å². The molecule has 0 aromatic heterocycles. The van der Waals surface area contributed by atoms with Gasteiger partial charge in [-0.15, -0.1) is 0 Å². The maximum atomic E-state index is 13.7. The Morgan fingerprint density at radius 2 is 1.72 bits per heavy atom. The first kappa shape index (κ1) is 20.9. The van der Waals surface area contributed by atoms with Crippen molar-refractivity contribution >= 4 is 11.9 Å². The maximum Gasteiger partial charge on any atom is 0.419 e. The van der Waals surface area contributed by atoms with Gasteiger partial charge in [-0.2, -0.15) is 13.2 Å². The smallest absolute Gasteiger partial charge is 0.419 e. The van der Waals surface area contributed by atoms with Gasteiger partial charge >= 0.3 is 18.1 Å². The van der Waals surface area contributed by atoms with Gasteiger partial charge in [0.05, 0.1) is 18.4 Å². The van der Waals surface area contributed by atoms with Crippen molar-refractivity contribution in [2.75, 3.05) is 0 Å². The zero-order chi connectivity index (χ0) is 19.2. The number of carbonyl (C=O) groups is 2. The van der Waals surface area contributed by atoms with Gasteiger partial charge in [0, 0.05) is 0 Å². The lowest BCUT2D eigenvalue weighted by molar-refractivity contribution is -0.153. The Hall–Kier alpha value is -2.12. The highest BCUT2D eigenvalue weighted by molar-refractivity contribution is 5.79. The summed E-state index contributed by atoms with van der Waals surface area (Å²) >= 11 is 0. The van der Waals surface area contributed by atoms with E-state index in [1.807, 2.05) is 20.8 Å². The van der Waals surface area contributed by atoms with Crippen LogP contribution in [0, 0.1) is 11.7 Å². The fraction of sp³-hybridized carbons (Fsp3) is 0.529. The predicted molar refractivity (Wildman–Crippen MR) is 81.3 cm³/mol. The van der Waals surface area contributed by atoms with E-state index in [1.54, 1.807) is 0 Å². The monoisotopic (exact) mass is 364 g/mol. The Morgan fingerprint density at radius 3 is 2.24 bits per heavy atom. The molecule has 0 saturated carbocycles. The summed E-state index contributed by atoms with van der Waals surface area (Å²) in [5.41, 5.74) is -1.53. The van der Waals surface area contributed by atoms with Crippen molar-refractivity contribution in [1.29, 1.82) is 0 Å². The summed E-state index contributed by atoms with van der Waals surface area (Å²) < 4.78 is 61.3. The molecule has 25 heavy (non-hydrogen) atoms. The number of hydrogen-bond acceptors (Lipinski definition) is 4. The number of hydrogen-bond donors (Lipinski definition) is 0. The van der Waals surface area contributed by atoms with E-state index in [0.29, 0.717) is 12.5 Å². The molecule has 1 rings (SSSR count). The zero-order valence-corrected chi connectivity index (χ0v) is 14.2. The Morgan fingerprint density at radius 1 is 1.12 bits per heavy atom. The minimum Gasteiger partial charge on any atom is -0.462 e. The molecule has 1 aromatic carbocycles. The van der Waals surface area contributed by atoms with Crippen molar-refractivity contribution in [2.24, 2.45) is 5.92 Å². The summed E-state index contributed by atoms with van der Waals surface area (Å²) in [6.45, 7) is 5.61. The molecule has 4 nitrogen and oxygen atoms in total. The fourth-order valence-corrected chi connectivity index (χ4v) is 2.10. The molecule has 0 aliphatic carbocycles. The molecule has 0 fully saturated rings. The van der Waals surface area contributed by atoms with E-state index in [4.69, 9.17) is 4.74 Å². The molecule has 0 aliphatic heterocycles. The van der Waals surface area contributed by atoms with Crippen LogP contribution in [-0.2, 0) is 20.5 Å². The minimum absolute atomic E-state index is 0.111. The molecule has 8 heteroatoms. The standard InChI is InChI=1S/C17H20F4O4/c1-4-12(10(2)3)24-14(22)8-9-15(23)25-13-7-5-6-11(16(13)18)17(19,20)21/h5-7,10,12H,4,8-9H2,1-3H3. The van der Waals surface area contributed by atoms with E-state index < -0.39 is 41.7 Å². The van der Waals surface area contributed by atoms with Crippen molar-refractivity contribution in [3.8, 4) is 5.75 Å². The summed E-state index contributed by atoms with van der Waals surface area (Å²) in [4.78, 5) is 23.3. The summed E-state index contributed by atoms with van der Waals surface area (Å²) in [6, 6.07) is 2.38. The molecular weight excluding hydrogens is 344 g/mol. The number of halogens is 4. The summed E-state index contributed by atoms with van der Waals surface area (Å²) in [5, 5.41) is 0. The normalized spacial score (nSPS) is 12.8. The van der Waals surface area contributed by atoms with Crippen LogP contribution in [0.3, 0.4) is 0 Å². The van der Waals surface area contributed by atoms with Crippen molar-refractivity contribution < 1.29 is 36.6 Å². The molecule has 140 valence electrons. The molecule has 0 heterocycles. The van der Waals surface area contributed by atoms with Crippen molar-refractivity contribution in [3.05, 3.63) is 29.6 Å². The number of alkyl halides is 3. The summed E-state index contributed by atoms with van der Waals surface area (Å²) in [7, 11) is 0. The van der Waals surface area contributed by atoms with E-state index in [9.17, 15) is 27.2 Å². The first-order valence-electron chi connectivity index (χ1n) is 7.82. The molecule has 0 amide bonds. The van der Waals surface area contributed by atoms with Crippen LogP contribution < -0.4 is 4.74 Å². The van der Waals surface area contributed by atoms with Crippen LogP contribution >= 0.6 is 0 Å². The fourth-order valence-electron chi connectivity index (χ4n) is 2.10. The summed E-state index contributed by atoms with van der Waals surface area (Å²) in [6.07, 6.45) is -5.30. The molecule has 1 atom stereocenters. The van der Waals surface area contributed by atoms with Crippen molar-refractivity contribution in [2.45, 2.75) is 52.3 Å². The third-order valence-electron chi connectivity index (χ3n) is 3.45. The number of esters is 2. The van der Waals surface area contributed by atoms with Crippen LogP contribution in [0.5, 0.6) is 5.75 Å². The SMILES string of the molecule is CCC(OC(=O)CCC(=O)Oc1cccc(C(F)(F)F)c1F)C(C)C. The highest BCUT2D eigenvalue weighted by Crippen LogP contribution is 2.34. The number of ether oxygens (including phenoxy) is 2. The Bertz CT molecular complexity index is 611. The van der Waals surface area contributed by atoms with Gasteiger partial charge in [-0.3, -0.25) is 9.59 Å². The molecule has 1 unspecified atom stereocenters. The highest BCUT2D eigenvalue weighted by atomic mass is 19.4. The Labute approximate surface area is 143 Å². The van der Waals surface area contributed by atoms with E-state index >= 15 is 0 Å². The second-order valence-electron chi connectivity index (χ2n) is 5.77. The third kappa shape index (κ3) is 6.36. The van der Waals surface area contributed by atoms with Crippen LogP contribution in [0.15, 0.2) is 18.2 Å². The largest absolute Gasteiger partial charge is 0.462 e. The van der Waals surface area contributed by atoms with E-state index in [1.165, 1.54) is 0 Å². The number of carbonyl (C=O) groups excluding carboxylic acids is 2. The van der Waals surface area contributed by atoms with E-state index in [-0.39, 0.29) is 18.4 Å². The van der Waals surface area contributed by atoms with Crippen molar-refractivity contribution in [1.82, 2.24) is 0 Å². The van der Waals surface area contributed by atoms with Crippen LogP contribution in [-0.4, -0.2) is 18.0 Å². The maximum absolute atomic E-state index is 13.7. The lowest BCUT2D eigenvalue weighted by Crippen LogP contribution is -2.23. The number of benzene rings is 1. The molecular formula is C17H20F4O4. The highest BCUT2D eigenvalue weighted by Gasteiger charge is 2.35. The first-order chi connectivity index (χ1) is 11.6. The molecule has 0 spiro atoms. The van der Waals surface area contributed by atoms with Gasteiger partial charge in [0.1, 0.15) is 6.10 Å². The van der Waals surface area contributed by atoms with E-state index in [2.05, 4.69) is 4.74 Å². The van der Waals surface area contributed by atoms with Gasteiger partial charge in [-0.1, -0.05) is 26.8 Å². The second kappa shape index (κ2) is 8.82. The van der Waals surface area contributed by atoms with Crippen LogP contribution in [0.1, 0.15) is 45.6 Å². The Balaban J connectivity index is 2.62. The van der Waals surface area contributed by atoms with Gasteiger partial charge in [0.15, 0.2) is 11.6 Å². The van der Waals surface area contributed by atoms with E-state index in [0.717, 1.165) is 12.1 Å². The average molecular weight is 364 g/mol. The number of rotatable bonds is 7. The molecule has 0 radical (unpaired) electrons. The lowest BCUT2D eigenvalue weighted by Gasteiger charge is -2.19. The molecule has 1 aromatic rings. The first-order valence-corrected chi connectivity index (χ1v) is 7.82. The van der Waals surface area contributed by atoms with Gasteiger partial charge in [0.2, 0.25) is 0 Å².